The molecule has 134 valence electrons. The fourth-order valence-corrected chi connectivity index (χ4v) is 2.47. The third kappa shape index (κ3) is 3.44. The Labute approximate surface area is 146 Å². The van der Waals surface area contributed by atoms with Gasteiger partial charge in [0.25, 0.3) is 5.91 Å². The van der Waals surface area contributed by atoms with Crippen LogP contribution in [0.25, 0.3) is 5.69 Å². The van der Waals surface area contributed by atoms with Crippen molar-refractivity contribution in [3.63, 3.8) is 0 Å². The molecule has 1 N–H and O–H groups in total. The van der Waals surface area contributed by atoms with Gasteiger partial charge in [-0.1, -0.05) is 24.3 Å². The zero-order chi connectivity index (χ0) is 18.9. The molecule has 1 heterocycles. The summed E-state index contributed by atoms with van der Waals surface area (Å²) in [5, 5.41) is 6.03. The fourth-order valence-electron chi connectivity index (χ4n) is 2.47. The van der Waals surface area contributed by atoms with Gasteiger partial charge in [0.2, 0.25) is 0 Å². The second-order valence-corrected chi connectivity index (χ2v) is 5.57. The summed E-state index contributed by atoms with van der Waals surface area (Å²) >= 11 is 0. The predicted octanol–water partition coefficient (Wildman–Crippen LogP) is 4.59. The number of aryl methyl sites for hydroxylation is 1. The summed E-state index contributed by atoms with van der Waals surface area (Å²) in [4.78, 5) is 12.4. The van der Waals surface area contributed by atoms with E-state index in [9.17, 15) is 22.4 Å². The number of carbonyl (C=O) groups is 1. The number of para-hydroxylation sites is 1. The maximum absolute atomic E-state index is 13.6. The van der Waals surface area contributed by atoms with E-state index in [1.807, 2.05) is 0 Å². The highest BCUT2D eigenvalue weighted by atomic mass is 19.4. The van der Waals surface area contributed by atoms with E-state index in [4.69, 9.17) is 0 Å². The number of halogens is 4. The van der Waals surface area contributed by atoms with Gasteiger partial charge in [0.1, 0.15) is 5.82 Å². The molecular formula is C18H13F4N3O. The molecule has 0 saturated heterocycles. The minimum Gasteiger partial charge on any atom is -0.322 e. The largest absolute Gasteiger partial charge is 0.434 e. The Bertz CT molecular complexity index is 949. The number of aromatic nitrogens is 2. The molecular weight excluding hydrogens is 350 g/mol. The number of hydrogen-bond donors (Lipinski definition) is 1. The van der Waals surface area contributed by atoms with Crippen LogP contribution >= 0.6 is 0 Å². The van der Waals surface area contributed by atoms with Crippen LogP contribution in [-0.4, -0.2) is 15.7 Å². The van der Waals surface area contributed by atoms with E-state index in [2.05, 4.69) is 10.4 Å². The van der Waals surface area contributed by atoms with Crippen LogP contribution in [0.5, 0.6) is 0 Å². The van der Waals surface area contributed by atoms with Crippen molar-refractivity contribution in [1.82, 2.24) is 9.78 Å². The summed E-state index contributed by atoms with van der Waals surface area (Å²) in [5.74, 6) is -1.63. The number of rotatable bonds is 3. The third-order valence-electron chi connectivity index (χ3n) is 3.73. The lowest BCUT2D eigenvalue weighted by atomic mass is 10.1. The van der Waals surface area contributed by atoms with Crippen LogP contribution in [0.4, 0.5) is 23.2 Å². The van der Waals surface area contributed by atoms with Crippen LogP contribution in [0.3, 0.4) is 0 Å². The van der Waals surface area contributed by atoms with Crippen molar-refractivity contribution >= 4 is 11.6 Å². The van der Waals surface area contributed by atoms with Gasteiger partial charge >= 0.3 is 6.18 Å². The van der Waals surface area contributed by atoms with E-state index in [0.717, 1.165) is 12.3 Å². The van der Waals surface area contributed by atoms with Crippen molar-refractivity contribution in [2.45, 2.75) is 13.1 Å². The Balaban J connectivity index is 2.04. The number of alkyl halides is 3. The van der Waals surface area contributed by atoms with E-state index in [0.29, 0.717) is 10.2 Å². The van der Waals surface area contributed by atoms with E-state index in [1.54, 1.807) is 25.1 Å². The summed E-state index contributed by atoms with van der Waals surface area (Å²) in [6.45, 7) is 1.60. The number of nitrogens with zero attached hydrogens (tertiary/aromatic N) is 2. The first kappa shape index (κ1) is 17.7. The average Bonchev–Trinajstić information content (AvgIpc) is 3.04. The maximum Gasteiger partial charge on any atom is 0.434 e. The van der Waals surface area contributed by atoms with Gasteiger partial charge in [-0.2, -0.15) is 18.3 Å². The molecule has 0 saturated carbocycles. The summed E-state index contributed by atoms with van der Waals surface area (Å²) in [7, 11) is 0. The number of hydrogen-bond acceptors (Lipinski definition) is 2. The molecule has 0 fully saturated rings. The van der Waals surface area contributed by atoms with E-state index in [1.165, 1.54) is 24.3 Å². The smallest absolute Gasteiger partial charge is 0.322 e. The average molecular weight is 363 g/mol. The molecule has 1 aromatic heterocycles. The lowest BCUT2D eigenvalue weighted by molar-refractivity contribution is -0.143. The Hall–Kier alpha value is -3.16. The van der Waals surface area contributed by atoms with Crippen LogP contribution in [-0.2, 0) is 6.18 Å². The molecule has 0 aliphatic carbocycles. The van der Waals surface area contributed by atoms with Crippen LogP contribution in [0, 0.1) is 12.7 Å². The molecule has 3 aromatic rings. The number of benzene rings is 2. The van der Waals surface area contributed by atoms with Crippen molar-refractivity contribution in [3.8, 4) is 5.69 Å². The molecule has 4 nitrogen and oxygen atoms in total. The summed E-state index contributed by atoms with van der Waals surface area (Å²) < 4.78 is 54.7. The van der Waals surface area contributed by atoms with Crippen molar-refractivity contribution in [2.24, 2.45) is 0 Å². The topological polar surface area (TPSA) is 46.9 Å². The molecule has 3 rings (SSSR count). The lowest BCUT2D eigenvalue weighted by Gasteiger charge is -2.13. The van der Waals surface area contributed by atoms with Gasteiger partial charge in [0.15, 0.2) is 5.69 Å². The Morgan fingerprint density at radius 3 is 2.46 bits per heavy atom. The molecule has 1 amide bonds. The molecule has 0 atom stereocenters. The zero-order valence-electron chi connectivity index (χ0n) is 13.5. The SMILES string of the molecule is Cc1ccc(F)cc1NC(=O)c1cnn(-c2ccccc2)c1C(F)(F)F. The van der Waals surface area contributed by atoms with Gasteiger partial charge in [-0.05, 0) is 36.8 Å². The van der Waals surface area contributed by atoms with Crippen LogP contribution in [0.2, 0.25) is 0 Å². The number of nitrogens with one attached hydrogen (secondary N) is 1. The molecule has 0 bridgehead atoms. The van der Waals surface area contributed by atoms with Gasteiger partial charge in [0.05, 0.1) is 17.4 Å². The second kappa shape index (κ2) is 6.62. The molecule has 0 aliphatic heterocycles. The van der Waals surface area contributed by atoms with Crippen LogP contribution < -0.4 is 5.32 Å². The molecule has 0 unspecified atom stereocenters. The van der Waals surface area contributed by atoms with Crippen molar-refractivity contribution < 1.29 is 22.4 Å². The quantitative estimate of drug-likeness (QED) is 0.692. The Kier molecular flexibility index (Phi) is 4.50. The Morgan fingerprint density at radius 2 is 1.81 bits per heavy atom. The third-order valence-corrected chi connectivity index (χ3v) is 3.73. The highest BCUT2D eigenvalue weighted by Gasteiger charge is 2.40. The number of amides is 1. The molecule has 0 spiro atoms. The maximum atomic E-state index is 13.6. The number of carbonyl (C=O) groups excluding carboxylic acids is 1. The van der Waals surface area contributed by atoms with E-state index < -0.39 is 29.2 Å². The zero-order valence-corrected chi connectivity index (χ0v) is 13.5. The minimum absolute atomic E-state index is 0.0931. The first-order chi connectivity index (χ1) is 12.3. The molecule has 26 heavy (non-hydrogen) atoms. The Morgan fingerprint density at radius 1 is 1.12 bits per heavy atom. The van der Waals surface area contributed by atoms with Crippen LogP contribution in [0.15, 0.2) is 54.7 Å². The highest BCUT2D eigenvalue weighted by Crippen LogP contribution is 2.34. The van der Waals surface area contributed by atoms with Gasteiger partial charge in [0, 0.05) is 5.69 Å². The number of anilines is 1. The standard InChI is InChI=1S/C18H13F4N3O/c1-11-7-8-12(19)9-15(11)24-17(26)14-10-23-25(16(14)18(20,21)22)13-5-3-2-4-6-13/h2-10H,1H3,(H,24,26). The van der Waals surface area contributed by atoms with Gasteiger partial charge in [-0.15, -0.1) is 0 Å². The molecule has 0 radical (unpaired) electrons. The van der Waals surface area contributed by atoms with E-state index >= 15 is 0 Å². The van der Waals surface area contributed by atoms with Crippen molar-refractivity contribution in [2.75, 3.05) is 5.32 Å². The summed E-state index contributed by atoms with van der Waals surface area (Å²) in [6, 6.07) is 11.3. The second-order valence-electron chi connectivity index (χ2n) is 5.57. The molecule has 0 aliphatic rings. The summed E-state index contributed by atoms with van der Waals surface area (Å²) in [5.41, 5.74) is -1.07. The monoisotopic (exact) mass is 363 g/mol. The summed E-state index contributed by atoms with van der Waals surface area (Å²) in [6.07, 6.45) is -3.96. The fraction of sp³-hybridized carbons (Fsp3) is 0.111. The first-order valence-corrected chi connectivity index (χ1v) is 7.55. The van der Waals surface area contributed by atoms with Gasteiger partial charge < -0.3 is 5.32 Å². The van der Waals surface area contributed by atoms with Crippen LogP contribution in [0.1, 0.15) is 21.6 Å². The minimum atomic E-state index is -4.81. The first-order valence-electron chi connectivity index (χ1n) is 7.55. The van der Waals surface area contributed by atoms with E-state index in [-0.39, 0.29) is 11.4 Å². The molecule has 2 aromatic carbocycles. The van der Waals surface area contributed by atoms with Crippen molar-refractivity contribution in [3.05, 3.63) is 77.4 Å². The lowest BCUT2D eigenvalue weighted by Crippen LogP contribution is -2.21. The van der Waals surface area contributed by atoms with Gasteiger partial charge in [-0.3, -0.25) is 4.79 Å². The van der Waals surface area contributed by atoms with Gasteiger partial charge in [-0.25, -0.2) is 9.07 Å². The highest BCUT2D eigenvalue weighted by molar-refractivity contribution is 6.05. The van der Waals surface area contributed by atoms with Crippen molar-refractivity contribution in [1.29, 1.82) is 0 Å². The predicted molar refractivity (Wildman–Crippen MR) is 87.7 cm³/mol. The molecule has 8 heteroatoms. The normalized spacial score (nSPS) is 11.4.